The number of methoxy groups -OCH3 is 1. The van der Waals surface area contributed by atoms with Crippen LogP contribution in [0.3, 0.4) is 0 Å². The van der Waals surface area contributed by atoms with Gasteiger partial charge in [0.2, 0.25) is 5.79 Å². The van der Waals surface area contributed by atoms with Gasteiger partial charge < -0.3 is 14.4 Å². The minimum atomic E-state index is -1.12. The molecule has 124 valence electrons. The first-order valence-electron chi connectivity index (χ1n) is 8.14. The molecule has 0 spiro atoms. The second kappa shape index (κ2) is 7.10. The van der Waals surface area contributed by atoms with E-state index in [-0.39, 0.29) is 12.0 Å². The van der Waals surface area contributed by atoms with E-state index in [1.807, 2.05) is 0 Å². The van der Waals surface area contributed by atoms with Crippen molar-refractivity contribution in [3.63, 3.8) is 0 Å². The highest BCUT2D eigenvalue weighted by atomic mass is 16.7. The van der Waals surface area contributed by atoms with Gasteiger partial charge in [0.25, 0.3) is 5.91 Å². The molecule has 0 aromatic rings. The predicted molar refractivity (Wildman–Crippen MR) is 84.9 cm³/mol. The van der Waals surface area contributed by atoms with Crippen molar-refractivity contribution in [2.75, 3.05) is 21.2 Å². The molecular weight excluding hydrogens is 266 g/mol. The van der Waals surface area contributed by atoms with Gasteiger partial charge in [-0.15, -0.1) is 0 Å². The summed E-state index contributed by atoms with van der Waals surface area (Å²) in [7, 11) is 5.08. The molecule has 6 atom stereocenters. The quantitative estimate of drug-likeness (QED) is 0.783. The number of hydrogen-bond donors (Lipinski definition) is 0. The lowest BCUT2D eigenvalue weighted by Crippen LogP contribution is -2.59. The normalized spacial score (nSPS) is 36.1. The average Bonchev–Trinajstić information content (AvgIpc) is 2.47. The summed E-state index contributed by atoms with van der Waals surface area (Å²) in [5.74, 6) is 0.558. The van der Waals surface area contributed by atoms with Crippen LogP contribution in [0.1, 0.15) is 47.5 Å². The lowest BCUT2D eigenvalue weighted by molar-refractivity contribution is -0.289. The number of nitrogens with zero attached hydrogens (tertiary/aromatic N) is 1. The van der Waals surface area contributed by atoms with E-state index in [2.05, 4.69) is 34.6 Å². The van der Waals surface area contributed by atoms with Crippen LogP contribution in [0.25, 0.3) is 0 Å². The minimum Gasteiger partial charge on any atom is -0.345 e. The molecule has 1 fully saturated rings. The van der Waals surface area contributed by atoms with Crippen molar-refractivity contribution in [2.45, 2.75) is 59.4 Å². The molecule has 0 saturated carbocycles. The Balaban J connectivity index is 3.08. The third-order valence-electron chi connectivity index (χ3n) is 5.45. The molecule has 0 bridgehead atoms. The van der Waals surface area contributed by atoms with Crippen molar-refractivity contribution in [3.8, 4) is 0 Å². The number of amides is 1. The van der Waals surface area contributed by atoms with Crippen LogP contribution in [-0.4, -0.2) is 43.9 Å². The van der Waals surface area contributed by atoms with Crippen LogP contribution in [0.4, 0.5) is 0 Å². The molecule has 1 aliphatic heterocycles. The SMILES string of the molecule is CCC(C)C(C)C1OC(OC)(C(=O)N(C)C)CC(C)C1C. The van der Waals surface area contributed by atoms with Gasteiger partial charge in [-0.25, -0.2) is 0 Å². The van der Waals surface area contributed by atoms with Crippen molar-refractivity contribution in [1.29, 1.82) is 0 Å². The van der Waals surface area contributed by atoms with Crippen LogP contribution >= 0.6 is 0 Å². The molecule has 1 rings (SSSR count). The molecule has 0 N–H and O–H groups in total. The van der Waals surface area contributed by atoms with Gasteiger partial charge in [-0.3, -0.25) is 4.79 Å². The Labute approximate surface area is 130 Å². The summed E-state index contributed by atoms with van der Waals surface area (Å²) in [6.07, 6.45) is 1.78. The fourth-order valence-electron chi connectivity index (χ4n) is 3.29. The lowest BCUT2D eigenvalue weighted by atomic mass is 9.74. The first-order chi connectivity index (χ1) is 9.70. The largest absolute Gasteiger partial charge is 0.345 e. The maximum absolute atomic E-state index is 12.6. The second-order valence-electron chi connectivity index (χ2n) is 7.02. The fraction of sp³-hybridized carbons (Fsp3) is 0.941. The van der Waals surface area contributed by atoms with E-state index in [0.717, 1.165) is 6.42 Å². The standard InChI is InChI=1S/C17H33NO3/c1-9-11(2)13(4)15-14(5)12(3)10-17(20-8,21-15)16(19)18(6)7/h11-15H,9-10H2,1-8H3. The minimum absolute atomic E-state index is 0.0487. The zero-order valence-corrected chi connectivity index (χ0v) is 15.0. The molecule has 4 nitrogen and oxygen atoms in total. The van der Waals surface area contributed by atoms with Crippen molar-refractivity contribution >= 4 is 5.91 Å². The Morgan fingerprint density at radius 2 is 1.95 bits per heavy atom. The van der Waals surface area contributed by atoms with Crippen molar-refractivity contribution in [1.82, 2.24) is 4.90 Å². The molecule has 1 heterocycles. The molecule has 0 radical (unpaired) electrons. The van der Waals surface area contributed by atoms with E-state index in [9.17, 15) is 4.79 Å². The van der Waals surface area contributed by atoms with Gasteiger partial charge in [0.05, 0.1) is 6.10 Å². The average molecular weight is 299 g/mol. The summed E-state index contributed by atoms with van der Waals surface area (Å²) in [4.78, 5) is 14.2. The first-order valence-corrected chi connectivity index (χ1v) is 8.14. The smallest absolute Gasteiger partial charge is 0.282 e. The van der Waals surface area contributed by atoms with Crippen molar-refractivity contribution < 1.29 is 14.3 Å². The number of likely N-dealkylation sites (N-methyl/N-ethyl adjacent to an activating group) is 1. The van der Waals surface area contributed by atoms with Crippen molar-refractivity contribution in [2.24, 2.45) is 23.7 Å². The predicted octanol–water partition coefficient (Wildman–Crippen LogP) is 3.16. The van der Waals surface area contributed by atoms with Crippen LogP contribution < -0.4 is 0 Å². The Morgan fingerprint density at radius 3 is 2.38 bits per heavy atom. The maximum Gasteiger partial charge on any atom is 0.282 e. The Hall–Kier alpha value is -0.610. The van der Waals surface area contributed by atoms with Gasteiger partial charge in [0, 0.05) is 27.6 Å². The highest BCUT2D eigenvalue weighted by molar-refractivity contribution is 5.83. The van der Waals surface area contributed by atoms with Crippen LogP contribution in [0.5, 0.6) is 0 Å². The fourth-order valence-corrected chi connectivity index (χ4v) is 3.29. The van der Waals surface area contributed by atoms with Gasteiger partial charge in [0.15, 0.2) is 0 Å². The molecular formula is C17H33NO3. The van der Waals surface area contributed by atoms with Crippen LogP contribution in [0, 0.1) is 23.7 Å². The van der Waals surface area contributed by atoms with E-state index in [1.54, 1.807) is 26.1 Å². The highest BCUT2D eigenvalue weighted by Gasteiger charge is 2.51. The van der Waals surface area contributed by atoms with Crippen LogP contribution in [0.2, 0.25) is 0 Å². The summed E-state index contributed by atoms with van der Waals surface area (Å²) in [6, 6.07) is 0. The van der Waals surface area contributed by atoms with Gasteiger partial charge in [0.1, 0.15) is 0 Å². The van der Waals surface area contributed by atoms with Gasteiger partial charge >= 0.3 is 0 Å². The number of carbonyl (C=O) groups is 1. The molecule has 6 unspecified atom stereocenters. The molecule has 0 aromatic heterocycles. The second-order valence-corrected chi connectivity index (χ2v) is 7.02. The molecule has 0 aromatic carbocycles. The zero-order valence-electron chi connectivity index (χ0n) is 15.0. The van der Waals surface area contributed by atoms with Gasteiger partial charge in [-0.05, 0) is 23.7 Å². The third-order valence-corrected chi connectivity index (χ3v) is 5.45. The Morgan fingerprint density at radius 1 is 1.38 bits per heavy atom. The van der Waals surface area contributed by atoms with E-state index >= 15 is 0 Å². The van der Waals surface area contributed by atoms with Crippen molar-refractivity contribution in [3.05, 3.63) is 0 Å². The summed E-state index contributed by atoms with van der Waals surface area (Å²) < 4.78 is 11.9. The summed E-state index contributed by atoms with van der Waals surface area (Å²) in [5, 5.41) is 0. The van der Waals surface area contributed by atoms with E-state index < -0.39 is 5.79 Å². The summed E-state index contributed by atoms with van der Waals surface area (Å²) in [5.41, 5.74) is 0. The zero-order chi connectivity index (χ0) is 16.4. The molecule has 1 saturated heterocycles. The monoisotopic (exact) mass is 299 g/mol. The van der Waals surface area contributed by atoms with E-state index in [1.165, 1.54) is 0 Å². The third kappa shape index (κ3) is 3.59. The number of carbonyl (C=O) groups excluding carboxylic acids is 1. The molecule has 1 amide bonds. The molecule has 4 heteroatoms. The number of hydrogen-bond acceptors (Lipinski definition) is 3. The Bertz CT molecular complexity index is 358. The summed E-state index contributed by atoms with van der Waals surface area (Å²) in [6.45, 7) is 11.1. The van der Waals surface area contributed by atoms with Gasteiger partial charge in [-0.1, -0.05) is 41.0 Å². The lowest BCUT2D eigenvalue weighted by Gasteiger charge is -2.48. The molecule has 0 aliphatic carbocycles. The Kier molecular flexibility index (Phi) is 6.23. The number of ether oxygens (including phenoxy) is 2. The van der Waals surface area contributed by atoms with Gasteiger partial charge in [-0.2, -0.15) is 0 Å². The van der Waals surface area contributed by atoms with Crippen LogP contribution in [-0.2, 0) is 14.3 Å². The van der Waals surface area contributed by atoms with E-state index in [4.69, 9.17) is 9.47 Å². The highest BCUT2D eigenvalue weighted by Crippen LogP contribution is 2.42. The molecule has 1 aliphatic rings. The maximum atomic E-state index is 12.6. The van der Waals surface area contributed by atoms with Crippen LogP contribution in [0.15, 0.2) is 0 Å². The first kappa shape index (κ1) is 18.4. The topological polar surface area (TPSA) is 38.8 Å². The summed E-state index contributed by atoms with van der Waals surface area (Å²) >= 11 is 0. The number of rotatable bonds is 5. The van der Waals surface area contributed by atoms with E-state index in [0.29, 0.717) is 30.1 Å². The molecule has 21 heavy (non-hydrogen) atoms.